The smallest absolute Gasteiger partial charge is 0.295 e. The van der Waals surface area contributed by atoms with Crippen molar-refractivity contribution in [3.05, 3.63) is 70.5 Å². The number of aliphatic hydroxyl groups is 1. The van der Waals surface area contributed by atoms with E-state index in [9.17, 15) is 19.1 Å². The normalized spacial score (nSPS) is 21.5. The number of aliphatic hydroxyl groups excluding tert-OH is 1. The van der Waals surface area contributed by atoms with Gasteiger partial charge in [0.15, 0.2) is 0 Å². The van der Waals surface area contributed by atoms with Gasteiger partial charge in [-0.25, -0.2) is 4.39 Å². The molecule has 1 heterocycles. The minimum Gasteiger partial charge on any atom is -0.507 e. The number of methoxy groups -OCH3 is 1. The Morgan fingerprint density at radius 3 is 2.48 bits per heavy atom. The molecule has 0 spiro atoms. The van der Waals surface area contributed by atoms with Crippen molar-refractivity contribution >= 4 is 17.4 Å². The van der Waals surface area contributed by atoms with Gasteiger partial charge in [0, 0.05) is 17.2 Å². The highest BCUT2D eigenvalue weighted by Crippen LogP contribution is 2.45. The van der Waals surface area contributed by atoms with Crippen molar-refractivity contribution in [3.63, 3.8) is 0 Å². The summed E-state index contributed by atoms with van der Waals surface area (Å²) in [4.78, 5) is 28.0. The Labute approximate surface area is 181 Å². The maximum atomic E-state index is 13.8. The number of para-hydroxylation sites is 1. The zero-order chi connectivity index (χ0) is 22.1. The van der Waals surface area contributed by atoms with Crippen LogP contribution in [0.3, 0.4) is 0 Å². The van der Waals surface area contributed by atoms with Crippen molar-refractivity contribution in [1.82, 2.24) is 4.90 Å². The zero-order valence-electron chi connectivity index (χ0n) is 17.7. The predicted octanol–water partition coefficient (Wildman–Crippen LogP) is 4.90. The molecule has 2 aliphatic rings. The van der Waals surface area contributed by atoms with E-state index in [1.165, 1.54) is 25.3 Å². The summed E-state index contributed by atoms with van der Waals surface area (Å²) in [6.07, 6.45) is 4.71. The second-order valence-corrected chi connectivity index (χ2v) is 8.20. The number of benzene rings is 2. The van der Waals surface area contributed by atoms with Crippen molar-refractivity contribution in [2.24, 2.45) is 0 Å². The Morgan fingerprint density at radius 2 is 1.81 bits per heavy atom. The second-order valence-electron chi connectivity index (χ2n) is 8.20. The number of Topliss-reactive ketones (excluding diaryl/α,β-unsaturated/α-hetero) is 1. The number of carbonyl (C=O) groups is 2. The lowest BCUT2D eigenvalue weighted by atomic mass is 9.90. The van der Waals surface area contributed by atoms with Gasteiger partial charge in [-0.15, -0.1) is 0 Å². The molecule has 0 radical (unpaired) electrons. The SMILES string of the molecule is COc1ccccc1C1/C(=C(\O)c2ccc(F)c(C)c2)C(=O)C(=O)N1C1CCCCC1. The molecule has 6 heteroatoms. The molecule has 1 aliphatic heterocycles. The van der Waals surface area contributed by atoms with Gasteiger partial charge in [-0.2, -0.15) is 0 Å². The molecule has 2 fully saturated rings. The monoisotopic (exact) mass is 423 g/mol. The summed E-state index contributed by atoms with van der Waals surface area (Å²) in [5.74, 6) is -1.49. The summed E-state index contributed by atoms with van der Waals surface area (Å²) in [6.45, 7) is 1.59. The maximum absolute atomic E-state index is 13.8. The van der Waals surface area contributed by atoms with E-state index in [1.54, 1.807) is 17.9 Å². The van der Waals surface area contributed by atoms with Crippen molar-refractivity contribution in [2.75, 3.05) is 7.11 Å². The summed E-state index contributed by atoms with van der Waals surface area (Å²) in [5, 5.41) is 11.2. The van der Waals surface area contributed by atoms with Crippen LogP contribution in [0.2, 0.25) is 0 Å². The van der Waals surface area contributed by atoms with E-state index in [-0.39, 0.29) is 17.4 Å². The third-order valence-electron chi connectivity index (χ3n) is 6.31. The van der Waals surface area contributed by atoms with E-state index in [2.05, 4.69) is 0 Å². The van der Waals surface area contributed by atoms with Gasteiger partial charge >= 0.3 is 0 Å². The molecule has 1 unspecified atom stereocenters. The Kier molecular flexibility index (Phi) is 5.81. The molecule has 0 bridgehead atoms. The van der Waals surface area contributed by atoms with Gasteiger partial charge in [0.05, 0.1) is 18.7 Å². The van der Waals surface area contributed by atoms with Gasteiger partial charge in [0.1, 0.15) is 17.3 Å². The first kappa shape index (κ1) is 21.1. The number of rotatable bonds is 4. The summed E-state index contributed by atoms with van der Waals surface area (Å²) >= 11 is 0. The predicted molar refractivity (Wildman–Crippen MR) is 115 cm³/mol. The highest BCUT2D eigenvalue weighted by atomic mass is 19.1. The number of hydrogen-bond donors (Lipinski definition) is 1. The van der Waals surface area contributed by atoms with Crippen LogP contribution < -0.4 is 4.74 Å². The summed E-state index contributed by atoms with van der Waals surface area (Å²) in [6, 6.07) is 10.5. The molecular formula is C25H26FNO4. The lowest BCUT2D eigenvalue weighted by Gasteiger charge is -2.35. The number of halogens is 1. The van der Waals surface area contributed by atoms with Gasteiger partial charge in [-0.3, -0.25) is 9.59 Å². The molecule has 2 aromatic rings. The van der Waals surface area contributed by atoms with Crippen LogP contribution in [-0.4, -0.2) is 34.8 Å². The molecule has 5 nitrogen and oxygen atoms in total. The van der Waals surface area contributed by atoms with Gasteiger partial charge < -0.3 is 14.7 Å². The number of hydrogen-bond acceptors (Lipinski definition) is 4. The quantitative estimate of drug-likeness (QED) is 0.432. The number of ether oxygens (including phenoxy) is 1. The Hall–Kier alpha value is -3.15. The Morgan fingerprint density at radius 1 is 1.10 bits per heavy atom. The van der Waals surface area contributed by atoms with Crippen molar-refractivity contribution in [2.45, 2.75) is 51.1 Å². The van der Waals surface area contributed by atoms with E-state index in [4.69, 9.17) is 4.74 Å². The van der Waals surface area contributed by atoms with Gasteiger partial charge in [-0.05, 0) is 49.6 Å². The van der Waals surface area contributed by atoms with Gasteiger partial charge in [0.25, 0.3) is 11.7 Å². The van der Waals surface area contributed by atoms with E-state index in [1.807, 2.05) is 18.2 Å². The van der Waals surface area contributed by atoms with Crippen molar-refractivity contribution < 1.29 is 23.8 Å². The number of aryl methyl sites for hydroxylation is 1. The Balaban J connectivity index is 1.92. The zero-order valence-corrected chi connectivity index (χ0v) is 17.7. The van der Waals surface area contributed by atoms with Crippen LogP contribution in [0.1, 0.15) is 54.8 Å². The van der Waals surface area contributed by atoms with E-state index < -0.39 is 23.5 Å². The average Bonchev–Trinajstić information content (AvgIpc) is 3.06. The molecule has 1 saturated carbocycles. The summed E-state index contributed by atoms with van der Waals surface area (Å²) < 4.78 is 19.3. The van der Waals surface area contributed by atoms with Gasteiger partial charge in [0.2, 0.25) is 0 Å². The van der Waals surface area contributed by atoms with Crippen LogP contribution in [0.25, 0.3) is 5.76 Å². The topological polar surface area (TPSA) is 66.8 Å². The number of likely N-dealkylation sites (tertiary alicyclic amines) is 1. The number of ketones is 1. The van der Waals surface area contributed by atoms with E-state index >= 15 is 0 Å². The molecule has 2 aromatic carbocycles. The lowest BCUT2D eigenvalue weighted by molar-refractivity contribution is -0.141. The van der Waals surface area contributed by atoms with Crippen LogP contribution >= 0.6 is 0 Å². The van der Waals surface area contributed by atoms with Crippen LogP contribution in [0, 0.1) is 12.7 Å². The largest absolute Gasteiger partial charge is 0.507 e. The molecule has 4 rings (SSSR count). The standard InChI is InChI=1S/C25H26FNO4/c1-15-14-16(12-13-19(15)26)23(28)21-22(18-10-6-7-11-20(18)31-2)27(25(30)24(21)29)17-8-4-3-5-9-17/h6-7,10-14,17,22,28H,3-5,8-9H2,1-2H3/b23-21+. The fourth-order valence-electron chi connectivity index (χ4n) is 4.73. The first-order valence-electron chi connectivity index (χ1n) is 10.6. The van der Waals surface area contributed by atoms with Crippen molar-refractivity contribution in [3.8, 4) is 5.75 Å². The maximum Gasteiger partial charge on any atom is 0.295 e. The molecule has 1 N–H and O–H groups in total. The lowest BCUT2D eigenvalue weighted by Crippen LogP contribution is -2.40. The minimum absolute atomic E-state index is 0.0195. The van der Waals surface area contributed by atoms with Crippen LogP contribution in [0.4, 0.5) is 4.39 Å². The fraction of sp³-hybridized carbons (Fsp3) is 0.360. The van der Waals surface area contributed by atoms with E-state index in [0.29, 0.717) is 22.4 Å². The number of amides is 1. The molecule has 162 valence electrons. The molecule has 31 heavy (non-hydrogen) atoms. The average molecular weight is 423 g/mol. The molecule has 1 aliphatic carbocycles. The highest BCUT2D eigenvalue weighted by molar-refractivity contribution is 6.46. The summed E-state index contributed by atoms with van der Waals surface area (Å²) in [7, 11) is 1.54. The Bertz CT molecular complexity index is 1060. The third kappa shape index (κ3) is 3.71. The van der Waals surface area contributed by atoms with E-state index in [0.717, 1.165) is 32.1 Å². The minimum atomic E-state index is -0.760. The van der Waals surface area contributed by atoms with Crippen LogP contribution in [-0.2, 0) is 9.59 Å². The molecule has 0 aromatic heterocycles. The molecule has 1 amide bonds. The van der Waals surface area contributed by atoms with Crippen LogP contribution in [0.15, 0.2) is 48.0 Å². The third-order valence-corrected chi connectivity index (χ3v) is 6.31. The number of nitrogens with zero attached hydrogens (tertiary/aromatic N) is 1. The van der Waals surface area contributed by atoms with Crippen LogP contribution in [0.5, 0.6) is 5.75 Å². The second kappa shape index (κ2) is 8.53. The van der Waals surface area contributed by atoms with Crippen molar-refractivity contribution in [1.29, 1.82) is 0 Å². The fourth-order valence-corrected chi connectivity index (χ4v) is 4.73. The highest BCUT2D eigenvalue weighted by Gasteiger charge is 2.49. The molecular weight excluding hydrogens is 397 g/mol. The number of carbonyl (C=O) groups excluding carboxylic acids is 2. The first-order valence-corrected chi connectivity index (χ1v) is 10.6. The first-order chi connectivity index (χ1) is 14.9. The summed E-state index contributed by atoms with van der Waals surface area (Å²) in [5.41, 5.74) is 1.32. The molecule has 1 atom stereocenters. The van der Waals surface area contributed by atoms with Gasteiger partial charge in [-0.1, -0.05) is 37.5 Å². The molecule has 1 saturated heterocycles.